The number of piperidine rings is 1. The van der Waals surface area contributed by atoms with Crippen LogP contribution in [0.2, 0.25) is 0 Å². The summed E-state index contributed by atoms with van der Waals surface area (Å²) in [7, 11) is 0. The lowest BCUT2D eigenvalue weighted by Crippen LogP contribution is -2.37. The Hall–Kier alpha value is -1.83. The smallest absolute Gasteiger partial charge is 0.434 e. The van der Waals surface area contributed by atoms with Crippen LogP contribution in [-0.2, 0) is 6.18 Å². The number of nitrogens with zero attached hydrogens (tertiary/aromatic N) is 3. The molecule has 124 valence electrons. The lowest BCUT2D eigenvalue weighted by molar-refractivity contribution is -0.140. The minimum Gasteiger partial charge on any atom is -0.477 e. The lowest BCUT2D eigenvalue weighted by Gasteiger charge is -2.32. The molecule has 3 heterocycles. The fraction of sp³-hybridized carbons (Fsp3) is 0.467. The number of ether oxygens (including phenoxy) is 1. The summed E-state index contributed by atoms with van der Waals surface area (Å²) in [6.45, 7) is 1.88. The predicted molar refractivity (Wildman–Crippen MR) is 81.8 cm³/mol. The van der Waals surface area contributed by atoms with Crippen molar-refractivity contribution in [3.05, 3.63) is 35.5 Å². The fourth-order valence-electron chi connectivity index (χ4n) is 2.55. The van der Waals surface area contributed by atoms with Gasteiger partial charge in [0.25, 0.3) is 0 Å². The maximum atomic E-state index is 12.7. The average Bonchev–Trinajstić information content (AvgIpc) is 3.05. The van der Waals surface area contributed by atoms with Crippen molar-refractivity contribution in [3.8, 4) is 5.88 Å². The van der Waals surface area contributed by atoms with Crippen LogP contribution in [0.25, 0.3) is 0 Å². The molecule has 0 aromatic carbocycles. The van der Waals surface area contributed by atoms with E-state index in [9.17, 15) is 13.2 Å². The largest absolute Gasteiger partial charge is 0.477 e. The second-order valence-corrected chi connectivity index (χ2v) is 6.28. The Morgan fingerprint density at radius 1 is 1.35 bits per heavy atom. The van der Waals surface area contributed by atoms with Crippen LogP contribution in [0.15, 0.2) is 29.8 Å². The highest BCUT2D eigenvalue weighted by atomic mass is 32.1. The summed E-state index contributed by atoms with van der Waals surface area (Å²) in [6, 6.07) is 5.46. The number of hydrogen-bond acceptors (Lipinski definition) is 5. The van der Waals surface area contributed by atoms with Gasteiger partial charge < -0.3 is 9.64 Å². The predicted octanol–water partition coefficient (Wildman–Crippen LogP) is 3.85. The molecular weight excluding hydrogens is 327 g/mol. The molecule has 3 rings (SSSR count). The molecular formula is C15H16F3N3OS. The molecule has 1 atom stereocenters. The minimum atomic E-state index is -4.38. The van der Waals surface area contributed by atoms with Gasteiger partial charge in [-0.2, -0.15) is 13.2 Å². The van der Waals surface area contributed by atoms with Gasteiger partial charge in [0, 0.05) is 36.7 Å². The first-order valence-electron chi connectivity index (χ1n) is 7.34. The number of aromatic nitrogens is 2. The van der Waals surface area contributed by atoms with Crippen LogP contribution in [0.1, 0.15) is 18.5 Å². The molecule has 0 spiro atoms. The third-order valence-corrected chi connectivity index (χ3v) is 4.58. The molecule has 4 nitrogen and oxygen atoms in total. The van der Waals surface area contributed by atoms with Crippen LogP contribution in [0.5, 0.6) is 5.88 Å². The standard InChI is InChI=1S/C15H16F3N3OS/c16-15(17,18)12-10-23-14(20-12)21-7-3-4-11(8-21)9-22-13-5-1-2-6-19-13/h1-2,5-6,10-11H,3-4,7-9H2. The molecule has 8 heteroatoms. The van der Waals surface area contributed by atoms with Gasteiger partial charge in [-0.15, -0.1) is 11.3 Å². The molecule has 0 saturated carbocycles. The van der Waals surface area contributed by atoms with Crippen molar-refractivity contribution in [2.75, 3.05) is 24.6 Å². The zero-order chi connectivity index (χ0) is 16.3. The molecule has 0 amide bonds. The molecule has 0 N–H and O–H groups in total. The van der Waals surface area contributed by atoms with Gasteiger partial charge in [0.1, 0.15) is 0 Å². The summed E-state index contributed by atoms with van der Waals surface area (Å²) in [5.74, 6) is 0.822. The van der Waals surface area contributed by atoms with Gasteiger partial charge in [-0.3, -0.25) is 0 Å². The highest BCUT2D eigenvalue weighted by Gasteiger charge is 2.34. The Kier molecular flexibility index (Phi) is 4.70. The molecule has 1 saturated heterocycles. The second kappa shape index (κ2) is 6.74. The van der Waals surface area contributed by atoms with E-state index in [1.54, 1.807) is 12.3 Å². The van der Waals surface area contributed by atoms with E-state index in [2.05, 4.69) is 9.97 Å². The van der Waals surface area contributed by atoms with Gasteiger partial charge in [0.2, 0.25) is 5.88 Å². The third kappa shape index (κ3) is 4.13. The first-order chi connectivity index (χ1) is 11.0. The highest BCUT2D eigenvalue weighted by molar-refractivity contribution is 7.13. The summed E-state index contributed by atoms with van der Waals surface area (Å²) in [5.41, 5.74) is -0.815. The van der Waals surface area contributed by atoms with Crippen LogP contribution in [0.3, 0.4) is 0 Å². The van der Waals surface area contributed by atoms with E-state index in [4.69, 9.17) is 4.74 Å². The summed E-state index contributed by atoms with van der Waals surface area (Å²) in [5, 5.41) is 1.50. The van der Waals surface area contributed by atoms with E-state index < -0.39 is 11.9 Å². The first kappa shape index (κ1) is 16.0. The average molecular weight is 343 g/mol. The maximum Gasteiger partial charge on any atom is 0.434 e. The van der Waals surface area contributed by atoms with Gasteiger partial charge in [0.15, 0.2) is 10.8 Å². The number of alkyl halides is 3. The zero-order valence-corrected chi connectivity index (χ0v) is 13.1. The first-order valence-corrected chi connectivity index (χ1v) is 8.22. The Balaban J connectivity index is 1.59. The van der Waals surface area contributed by atoms with Crippen LogP contribution >= 0.6 is 11.3 Å². The van der Waals surface area contributed by atoms with Crippen molar-refractivity contribution >= 4 is 16.5 Å². The van der Waals surface area contributed by atoms with Crippen LogP contribution in [0.4, 0.5) is 18.3 Å². The van der Waals surface area contributed by atoms with Crippen molar-refractivity contribution in [1.29, 1.82) is 0 Å². The van der Waals surface area contributed by atoms with E-state index in [1.807, 2.05) is 17.0 Å². The molecule has 23 heavy (non-hydrogen) atoms. The Morgan fingerprint density at radius 2 is 2.22 bits per heavy atom. The van der Waals surface area contributed by atoms with Gasteiger partial charge in [0.05, 0.1) is 6.61 Å². The number of thiazole rings is 1. The van der Waals surface area contributed by atoms with Crippen molar-refractivity contribution in [2.24, 2.45) is 5.92 Å². The van der Waals surface area contributed by atoms with Gasteiger partial charge in [-0.05, 0) is 18.9 Å². The third-order valence-electron chi connectivity index (χ3n) is 3.68. The summed E-state index contributed by atoms with van der Waals surface area (Å²) >= 11 is 1.04. The van der Waals surface area contributed by atoms with E-state index in [1.165, 1.54) is 0 Å². The molecule has 2 aromatic heterocycles. The minimum absolute atomic E-state index is 0.254. The molecule has 0 bridgehead atoms. The van der Waals surface area contributed by atoms with Gasteiger partial charge in [-0.1, -0.05) is 6.07 Å². The van der Waals surface area contributed by atoms with Crippen LogP contribution < -0.4 is 9.64 Å². The quantitative estimate of drug-likeness (QED) is 0.845. The fourth-order valence-corrected chi connectivity index (χ4v) is 3.42. The second-order valence-electron chi connectivity index (χ2n) is 5.45. The number of anilines is 1. The van der Waals surface area contributed by atoms with Gasteiger partial charge in [-0.25, -0.2) is 9.97 Å². The highest BCUT2D eigenvalue weighted by Crippen LogP contribution is 2.34. The van der Waals surface area contributed by atoms with Crippen LogP contribution in [0, 0.1) is 5.92 Å². The normalized spacial score (nSPS) is 18.9. The molecule has 1 aliphatic rings. The summed E-state index contributed by atoms with van der Waals surface area (Å²) in [4.78, 5) is 9.74. The van der Waals surface area contributed by atoms with Crippen molar-refractivity contribution in [1.82, 2.24) is 9.97 Å². The topological polar surface area (TPSA) is 38.2 Å². The molecule has 0 aliphatic carbocycles. The number of rotatable bonds is 4. The van der Waals surface area contributed by atoms with E-state index in [0.29, 0.717) is 24.2 Å². The molecule has 2 aromatic rings. The number of hydrogen-bond donors (Lipinski definition) is 0. The lowest BCUT2D eigenvalue weighted by atomic mass is 9.99. The molecule has 1 fully saturated rings. The van der Waals surface area contributed by atoms with Crippen LogP contribution in [-0.4, -0.2) is 29.7 Å². The Labute approximate surface area is 135 Å². The van der Waals surface area contributed by atoms with E-state index >= 15 is 0 Å². The van der Waals surface area contributed by atoms with E-state index in [0.717, 1.165) is 36.1 Å². The van der Waals surface area contributed by atoms with Gasteiger partial charge >= 0.3 is 6.18 Å². The Bertz CT molecular complexity index is 632. The molecule has 1 aliphatic heterocycles. The van der Waals surface area contributed by atoms with Crippen molar-refractivity contribution < 1.29 is 17.9 Å². The molecule has 1 unspecified atom stereocenters. The monoisotopic (exact) mass is 343 g/mol. The number of pyridine rings is 1. The van der Waals surface area contributed by atoms with Crippen molar-refractivity contribution in [3.63, 3.8) is 0 Å². The zero-order valence-electron chi connectivity index (χ0n) is 12.3. The number of halogens is 3. The SMILES string of the molecule is FC(F)(F)c1csc(N2CCCC(COc3ccccn3)C2)n1. The molecule has 0 radical (unpaired) electrons. The van der Waals surface area contributed by atoms with Crippen molar-refractivity contribution in [2.45, 2.75) is 19.0 Å². The summed E-state index contributed by atoms with van der Waals surface area (Å²) < 4.78 is 43.6. The summed E-state index contributed by atoms with van der Waals surface area (Å²) in [6.07, 6.45) is -0.819. The van der Waals surface area contributed by atoms with E-state index in [-0.39, 0.29) is 5.92 Å². The maximum absolute atomic E-state index is 12.7. The Morgan fingerprint density at radius 3 is 2.91 bits per heavy atom.